The molecule has 2 aromatic rings. The van der Waals surface area contributed by atoms with Crippen LogP contribution in [-0.4, -0.2) is 20.9 Å². The molecule has 0 saturated carbocycles. The van der Waals surface area contributed by atoms with Gasteiger partial charge >= 0.3 is 0 Å². The van der Waals surface area contributed by atoms with E-state index in [0.717, 1.165) is 17.7 Å². The Morgan fingerprint density at radius 2 is 1.85 bits per heavy atom. The number of sulfonamides is 1. The molecular weight excluding hydrogens is 374 g/mol. The third kappa shape index (κ3) is 4.01. The van der Waals surface area contributed by atoms with Gasteiger partial charge in [0.2, 0.25) is 10.0 Å². The lowest BCUT2D eigenvalue weighted by atomic mass is 9.96. The molecule has 0 bridgehead atoms. The second kappa shape index (κ2) is 7.36. The van der Waals surface area contributed by atoms with E-state index in [-0.39, 0.29) is 22.3 Å². The topological polar surface area (TPSA) is 75.3 Å². The van der Waals surface area contributed by atoms with E-state index in [1.54, 1.807) is 19.9 Å². The largest absolute Gasteiger partial charge is 0.352 e. The van der Waals surface area contributed by atoms with Gasteiger partial charge < -0.3 is 5.32 Å². The second-order valence-corrected chi connectivity index (χ2v) is 8.55. The van der Waals surface area contributed by atoms with Crippen LogP contribution in [0.15, 0.2) is 41.3 Å². The Bertz CT molecular complexity index is 990. The maximum absolute atomic E-state index is 14.2. The van der Waals surface area contributed by atoms with Crippen molar-refractivity contribution in [2.45, 2.75) is 31.2 Å². The molecule has 1 heterocycles. The molecule has 1 aliphatic rings. The van der Waals surface area contributed by atoms with E-state index < -0.39 is 27.7 Å². The van der Waals surface area contributed by atoms with Crippen LogP contribution in [0.4, 0.5) is 8.78 Å². The number of carbonyl (C=O) groups excluding carboxylic acids is 1. The zero-order chi connectivity index (χ0) is 19.8. The SMILES string of the molecule is CC(C)[C@@H](NS(=O)(=O)c1ccc2c(c1)C(=O)NCC2)c1ccc(F)cc1F. The molecule has 3 rings (SSSR count). The van der Waals surface area contributed by atoms with Crippen LogP contribution >= 0.6 is 0 Å². The van der Waals surface area contributed by atoms with Gasteiger partial charge in [-0.25, -0.2) is 21.9 Å². The molecule has 0 radical (unpaired) electrons. The average Bonchev–Trinajstić information content (AvgIpc) is 2.60. The number of carbonyl (C=O) groups is 1. The molecule has 0 aliphatic carbocycles. The van der Waals surface area contributed by atoms with Gasteiger partial charge in [0.25, 0.3) is 5.91 Å². The van der Waals surface area contributed by atoms with Crippen LogP contribution in [0.5, 0.6) is 0 Å². The van der Waals surface area contributed by atoms with Gasteiger partial charge in [0.1, 0.15) is 11.6 Å². The summed E-state index contributed by atoms with van der Waals surface area (Å²) in [5.74, 6) is -2.16. The number of nitrogens with one attached hydrogen (secondary N) is 2. The Morgan fingerprint density at radius 3 is 2.52 bits per heavy atom. The number of hydrogen-bond donors (Lipinski definition) is 2. The Labute approximate surface area is 156 Å². The first kappa shape index (κ1) is 19.4. The second-order valence-electron chi connectivity index (χ2n) is 6.83. The van der Waals surface area contributed by atoms with Crippen LogP contribution < -0.4 is 10.0 Å². The highest BCUT2D eigenvalue weighted by Gasteiger charge is 2.28. The van der Waals surface area contributed by atoms with Crippen molar-refractivity contribution >= 4 is 15.9 Å². The molecule has 2 N–H and O–H groups in total. The molecule has 5 nitrogen and oxygen atoms in total. The fourth-order valence-electron chi connectivity index (χ4n) is 3.11. The van der Waals surface area contributed by atoms with E-state index >= 15 is 0 Å². The molecule has 1 atom stereocenters. The molecular formula is C19H20F2N2O3S. The van der Waals surface area contributed by atoms with Crippen molar-refractivity contribution in [2.75, 3.05) is 6.54 Å². The summed E-state index contributed by atoms with van der Waals surface area (Å²) in [6, 6.07) is 6.53. The van der Waals surface area contributed by atoms with Crippen molar-refractivity contribution in [3.63, 3.8) is 0 Å². The maximum Gasteiger partial charge on any atom is 0.251 e. The first-order chi connectivity index (χ1) is 12.7. The molecule has 1 amide bonds. The molecule has 1 aliphatic heterocycles. The summed E-state index contributed by atoms with van der Waals surface area (Å²) in [5.41, 5.74) is 1.16. The first-order valence-corrected chi connectivity index (χ1v) is 10.1. The summed E-state index contributed by atoms with van der Waals surface area (Å²) >= 11 is 0. The lowest BCUT2D eigenvalue weighted by Gasteiger charge is -2.24. The molecule has 0 unspecified atom stereocenters. The van der Waals surface area contributed by atoms with Gasteiger partial charge in [-0.2, -0.15) is 0 Å². The Kier molecular flexibility index (Phi) is 5.30. The zero-order valence-electron chi connectivity index (χ0n) is 14.9. The summed E-state index contributed by atoms with van der Waals surface area (Å²) < 4.78 is 55.6. The van der Waals surface area contributed by atoms with Gasteiger partial charge in [0, 0.05) is 23.7 Å². The summed E-state index contributed by atoms with van der Waals surface area (Å²) in [4.78, 5) is 11.9. The summed E-state index contributed by atoms with van der Waals surface area (Å²) in [5, 5.41) is 2.68. The predicted octanol–water partition coefficient (Wildman–Crippen LogP) is 2.93. The number of amides is 1. The molecule has 8 heteroatoms. The van der Waals surface area contributed by atoms with Gasteiger partial charge in [-0.15, -0.1) is 0 Å². The molecule has 0 saturated heterocycles. The number of rotatable bonds is 5. The minimum atomic E-state index is -4.03. The Balaban J connectivity index is 1.96. The van der Waals surface area contributed by atoms with Crippen LogP contribution in [0.1, 0.15) is 41.4 Å². The average molecular weight is 394 g/mol. The Morgan fingerprint density at radius 1 is 1.11 bits per heavy atom. The normalized spacial score (nSPS) is 15.4. The van der Waals surface area contributed by atoms with Crippen molar-refractivity contribution in [3.05, 3.63) is 64.7 Å². The lowest BCUT2D eigenvalue weighted by molar-refractivity contribution is 0.0945. The summed E-state index contributed by atoms with van der Waals surface area (Å²) in [6.07, 6.45) is 0.629. The van der Waals surface area contributed by atoms with Crippen LogP contribution in [0, 0.1) is 17.6 Å². The predicted molar refractivity (Wildman–Crippen MR) is 96.7 cm³/mol. The number of fused-ring (bicyclic) bond motifs is 1. The molecule has 144 valence electrons. The highest BCUT2D eigenvalue weighted by molar-refractivity contribution is 7.89. The van der Waals surface area contributed by atoms with Gasteiger partial charge in [0.15, 0.2) is 0 Å². The van der Waals surface area contributed by atoms with Crippen molar-refractivity contribution in [3.8, 4) is 0 Å². The van der Waals surface area contributed by atoms with E-state index in [2.05, 4.69) is 10.0 Å². The van der Waals surface area contributed by atoms with Crippen molar-refractivity contribution in [1.29, 1.82) is 0 Å². The molecule has 0 spiro atoms. The minimum Gasteiger partial charge on any atom is -0.352 e. The van der Waals surface area contributed by atoms with Gasteiger partial charge in [-0.05, 0) is 36.1 Å². The van der Waals surface area contributed by atoms with E-state index in [1.807, 2.05) is 0 Å². The number of halogens is 2. The van der Waals surface area contributed by atoms with Crippen molar-refractivity contribution in [1.82, 2.24) is 10.0 Å². The number of benzene rings is 2. The van der Waals surface area contributed by atoms with E-state index in [4.69, 9.17) is 0 Å². The third-order valence-corrected chi connectivity index (χ3v) is 6.00. The fourth-order valence-corrected chi connectivity index (χ4v) is 4.50. The van der Waals surface area contributed by atoms with Crippen LogP contribution in [0.2, 0.25) is 0 Å². The molecule has 0 fully saturated rings. The van der Waals surface area contributed by atoms with Gasteiger partial charge in [-0.1, -0.05) is 26.0 Å². The lowest BCUT2D eigenvalue weighted by Crippen LogP contribution is -2.34. The van der Waals surface area contributed by atoms with E-state index in [1.165, 1.54) is 18.2 Å². The first-order valence-electron chi connectivity index (χ1n) is 8.57. The highest BCUT2D eigenvalue weighted by atomic mass is 32.2. The van der Waals surface area contributed by atoms with E-state index in [9.17, 15) is 22.0 Å². The third-order valence-electron chi connectivity index (χ3n) is 4.56. The van der Waals surface area contributed by atoms with Crippen LogP contribution in [-0.2, 0) is 16.4 Å². The van der Waals surface area contributed by atoms with Crippen molar-refractivity contribution in [2.24, 2.45) is 5.92 Å². The van der Waals surface area contributed by atoms with Gasteiger partial charge in [0.05, 0.1) is 10.9 Å². The summed E-state index contributed by atoms with van der Waals surface area (Å²) in [6.45, 7) is 3.97. The molecule has 2 aromatic carbocycles. The zero-order valence-corrected chi connectivity index (χ0v) is 15.7. The smallest absolute Gasteiger partial charge is 0.251 e. The van der Waals surface area contributed by atoms with E-state index in [0.29, 0.717) is 18.5 Å². The van der Waals surface area contributed by atoms with Crippen molar-refractivity contribution < 1.29 is 22.0 Å². The monoisotopic (exact) mass is 394 g/mol. The highest BCUT2D eigenvalue weighted by Crippen LogP contribution is 2.28. The molecule has 0 aromatic heterocycles. The fraction of sp³-hybridized carbons (Fsp3) is 0.316. The molecule has 27 heavy (non-hydrogen) atoms. The van der Waals surface area contributed by atoms with Crippen LogP contribution in [0.25, 0.3) is 0 Å². The quantitative estimate of drug-likeness (QED) is 0.819. The van der Waals surface area contributed by atoms with Crippen LogP contribution in [0.3, 0.4) is 0 Å². The minimum absolute atomic E-state index is 0.0608. The Hall–Kier alpha value is -2.32. The van der Waals surface area contributed by atoms with Gasteiger partial charge in [-0.3, -0.25) is 4.79 Å². The summed E-state index contributed by atoms with van der Waals surface area (Å²) in [7, 11) is -4.03. The standard InChI is InChI=1S/C19H20F2N2O3S/c1-11(2)18(15-6-4-13(20)9-17(15)21)23-27(25,26)14-5-3-12-7-8-22-19(24)16(12)10-14/h3-6,9-11,18,23H,7-8H2,1-2H3,(H,22,24)/t18-/m1/s1. The maximum atomic E-state index is 14.2. The number of hydrogen-bond acceptors (Lipinski definition) is 3.